The number of likely N-dealkylation sites (N-methyl/N-ethyl adjacent to an activating group) is 1. The van der Waals surface area contributed by atoms with Crippen LogP contribution in [0.4, 0.5) is 0 Å². The van der Waals surface area contributed by atoms with Crippen LogP contribution in [0.25, 0.3) is 5.65 Å². The standard InChI is InChI=1S/C19H22N4O2/c1-22(2)13-17(14-4-7-16(25-3)8-5-14)21-19(24)15-6-9-18-20-10-11-23(18)12-15/h4-12,17H,13H2,1-3H3,(H,21,24)/t17-/m1/s1. The fourth-order valence-corrected chi connectivity index (χ4v) is 2.73. The van der Waals surface area contributed by atoms with Crippen molar-refractivity contribution in [2.75, 3.05) is 27.7 Å². The molecular formula is C19H22N4O2. The van der Waals surface area contributed by atoms with Gasteiger partial charge in [0, 0.05) is 25.1 Å². The van der Waals surface area contributed by atoms with Gasteiger partial charge in [-0.05, 0) is 43.9 Å². The van der Waals surface area contributed by atoms with Gasteiger partial charge in [0.05, 0.1) is 18.7 Å². The molecule has 0 aliphatic rings. The van der Waals surface area contributed by atoms with Crippen LogP contribution in [0.2, 0.25) is 0 Å². The number of aromatic nitrogens is 2. The van der Waals surface area contributed by atoms with Gasteiger partial charge < -0.3 is 19.4 Å². The molecule has 0 unspecified atom stereocenters. The summed E-state index contributed by atoms with van der Waals surface area (Å²) in [4.78, 5) is 19.0. The molecule has 130 valence electrons. The van der Waals surface area contributed by atoms with Gasteiger partial charge >= 0.3 is 0 Å². The third kappa shape index (κ3) is 3.97. The molecule has 0 saturated heterocycles. The van der Waals surface area contributed by atoms with E-state index in [0.717, 1.165) is 17.0 Å². The highest BCUT2D eigenvalue weighted by Gasteiger charge is 2.17. The molecule has 2 aromatic heterocycles. The van der Waals surface area contributed by atoms with E-state index < -0.39 is 0 Å². The Morgan fingerprint density at radius 3 is 2.68 bits per heavy atom. The van der Waals surface area contributed by atoms with Gasteiger partial charge in [0.1, 0.15) is 11.4 Å². The molecule has 6 heteroatoms. The predicted octanol–water partition coefficient (Wildman–Crippen LogP) is 2.38. The lowest BCUT2D eigenvalue weighted by molar-refractivity contribution is 0.0929. The van der Waals surface area contributed by atoms with Crippen molar-refractivity contribution in [1.82, 2.24) is 19.6 Å². The van der Waals surface area contributed by atoms with Gasteiger partial charge in [-0.1, -0.05) is 12.1 Å². The molecule has 1 N–H and O–H groups in total. The van der Waals surface area contributed by atoms with E-state index in [1.165, 1.54) is 0 Å². The molecule has 0 bridgehead atoms. The summed E-state index contributed by atoms with van der Waals surface area (Å²) in [5.74, 6) is 0.683. The van der Waals surface area contributed by atoms with Gasteiger partial charge in [-0.25, -0.2) is 4.98 Å². The van der Waals surface area contributed by atoms with Crippen molar-refractivity contribution in [3.05, 3.63) is 66.1 Å². The number of fused-ring (bicyclic) bond motifs is 1. The second-order valence-electron chi connectivity index (χ2n) is 6.17. The Kier molecular flexibility index (Phi) is 5.00. The van der Waals surface area contributed by atoms with E-state index in [-0.39, 0.29) is 11.9 Å². The Morgan fingerprint density at radius 1 is 1.24 bits per heavy atom. The van der Waals surface area contributed by atoms with Crippen LogP contribution in [0, 0.1) is 0 Å². The molecular weight excluding hydrogens is 316 g/mol. The Balaban J connectivity index is 1.81. The summed E-state index contributed by atoms with van der Waals surface area (Å²) in [5.41, 5.74) is 2.45. The first-order valence-electron chi connectivity index (χ1n) is 8.09. The van der Waals surface area contributed by atoms with Crippen LogP contribution in [-0.2, 0) is 0 Å². The number of amides is 1. The van der Waals surface area contributed by atoms with Gasteiger partial charge in [-0.15, -0.1) is 0 Å². The fourth-order valence-electron chi connectivity index (χ4n) is 2.73. The molecule has 6 nitrogen and oxygen atoms in total. The van der Waals surface area contributed by atoms with Crippen molar-refractivity contribution in [1.29, 1.82) is 0 Å². The highest BCUT2D eigenvalue weighted by molar-refractivity contribution is 5.94. The van der Waals surface area contributed by atoms with Crippen LogP contribution >= 0.6 is 0 Å². The first-order chi connectivity index (χ1) is 12.1. The maximum atomic E-state index is 12.7. The van der Waals surface area contributed by atoms with Gasteiger partial charge in [-0.2, -0.15) is 0 Å². The molecule has 1 aromatic carbocycles. The van der Waals surface area contributed by atoms with E-state index in [4.69, 9.17) is 4.74 Å². The second kappa shape index (κ2) is 7.36. The highest BCUT2D eigenvalue weighted by atomic mass is 16.5. The minimum atomic E-state index is -0.119. The van der Waals surface area contributed by atoms with Gasteiger partial charge in [0.2, 0.25) is 0 Å². The fraction of sp³-hybridized carbons (Fsp3) is 0.263. The number of hydrogen-bond acceptors (Lipinski definition) is 4. The van der Waals surface area contributed by atoms with Crippen LogP contribution in [0.3, 0.4) is 0 Å². The van der Waals surface area contributed by atoms with Crippen molar-refractivity contribution < 1.29 is 9.53 Å². The van der Waals surface area contributed by atoms with Crippen molar-refractivity contribution in [2.24, 2.45) is 0 Å². The number of nitrogens with zero attached hydrogens (tertiary/aromatic N) is 3. The van der Waals surface area contributed by atoms with E-state index >= 15 is 0 Å². The summed E-state index contributed by atoms with van der Waals surface area (Å²) in [6.45, 7) is 0.700. The summed E-state index contributed by atoms with van der Waals surface area (Å²) in [5, 5.41) is 3.12. The minimum absolute atomic E-state index is 0.113. The zero-order valence-corrected chi connectivity index (χ0v) is 14.6. The molecule has 2 heterocycles. The number of benzene rings is 1. The molecule has 0 spiro atoms. The summed E-state index contributed by atoms with van der Waals surface area (Å²) in [7, 11) is 5.61. The molecule has 0 saturated carbocycles. The molecule has 0 radical (unpaired) electrons. The number of imidazole rings is 1. The Hall–Kier alpha value is -2.86. The molecule has 0 aliphatic carbocycles. The molecule has 25 heavy (non-hydrogen) atoms. The lowest BCUT2D eigenvalue weighted by atomic mass is 10.1. The quantitative estimate of drug-likeness (QED) is 0.750. The van der Waals surface area contributed by atoms with Crippen LogP contribution in [0.15, 0.2) is 55.0 Å². The average molecular weight is 338 g/mol. The van der Waals surface area contributed by atoms with E-state index in [1.807, 2.05) is 59.9 Å². The zero-order chi connectivity index (χ0) is 17.8. The number of hydrogen-bond donors (Lipinski definition) is 1. The summed E-state index contributed by atoms with van der Waals surface area (Å²) in [6, 6.07) is 11.3. The third-order valence-corrected chi connectivity index (χ3v) is 4.02. The average Bonchev–Trinajstić information content (AvgIpc) is 3.08. The molecule has 0 aliphatic heterocycles. The number of ether oxygens (including phenoxy) is 1. The summed E-state index contributed by atoms with van der Waals surface area (Å²) < 4.78 is 7.04. The van der Waals surface area contributed by atoms with Crippen molar-refractivity contribution in [3.8, 4) is 5.75 Å². The van der Waals surface area contributed by atoms with E-state index in [0.29, 0.717) is 12.1 Å². The molecule has 0 fully saturated rings. The lowest BCUT2D eigenvalue weighted by Crippen LogP contribution is -2.35. The van der Waals surface area contributed by atoms with Crippen molar-refractivity contribution >= 4 is 11.6 Å². The number of rotatable bonds is 6. The normalized spacial score (nSPS) is 12.3. The monoisotopic (exact) mass is 338 g/mol. The van der Waals surface area contributed by atoms with Crippen LogP contribution in [-0.4, -0.2) is 47.9 Å². The maximum Gasteiger partial charge on any atom is 0.253 e. The first kappa shape index (κ1) is 17.0. The van der Waals surface area contributed by atoms with Gasteiger partial charge in [-0.3, -0.25) is 4.79 Å². The van der Waals surface area contributed by atoms with Crippen LogP contribution in [0.1, 0.15) is 22.0 Å². The lowest BCUT2D eigenvalue weighted by Gasteiger charge is -2.23. The Bertz CT molecular complexity index is 855. The summed E-state index contributed by atoms with van der Waals surface area (Å²) >= 11 is 0. The van der Waals surface area contributed by atoms with E-state index in [1.54, 1.807) is 25.6 Å². The number of pyridine rings is 1. The number of methoxy groups -OCH3 is 1. The smallest absolute Gasteiger partial charge is 0.253 e. The summed E-state index contributed by atoms with van der Waals surface area (Å²) in [6.07, 6.45) is 5.33. The van der Waals surface area contributed by atoms with E-state index in [2.05, 4.69) is 10.3 Å². The van der Waals surface area contributed by atoms with Crippen LogP contribution in [0.5, 0.6) is 5.75 Å². The predicted molar refractivity (Wildman–Crippen MR) is 96.9 cm³/mol. The number of carbonyl (C=O) groups excluding carboxylic acids is 1. The second-order valence-corrected chi connectivity index (χ2v) is 6.17. The SMILES string of the molecule is COc1ccc([C@@H](CN(C)C)NC(=O)c2ccc3nccn3c2)cc1. The van der Waals surface area contributed by atoms with Gasteiger partial charge in [0.25, 0.3) is 5.91 Å². The molecule has 1 amide bonds. The highest BCUT2D eigenvalue weighted by Crippen LogP contribution is 2.19. The number of nitrogens with one attached hydrogen (secondary N) is 1. The zero-order valence-electron chi connectivity index (χ0n) is 14.6. The largest absolute Gasteiger partial charge is 0.497 e. The van der Waals surface area contributed by atoms with Crippen molar-refractivity contribution in [2.45, 2.75) is 6.04 Å². The topological polar surface area (TPSA) is 58.9 Å². The molecule has 3 rings (SSSR count). The first-order valence-corrected chi connectivity index (χ1v) is 8.09. The van der Waals surface area contributed by atoms with Crippen molar-refractivity contribution in [3.63, 3.8) is 0 Å². The molecule has 1 atom stereocenters. The number of carbonyl (C=O) groups is 1. The Morgan fingerprint density at radius 2 is 2.00 bits per heavy atom. The van der Waals surface area contributed by atoms with Crippen LogP contribution < -0.4 is 10.1 Å². The third-order valence-electron chi connectivity index (χ3n) is 4.02. The van der Waals surface area contributed by atoms with Gasteiger partial charge in [0.15, 0.2) is 0 Å². The Labute approximate surface area is 147 Å². The minimum Gasteiger partial charge on any atom is -0.497 e. The molecule has 3 aromatic rings. The van der Waals surface area contributed by atoms with E-state index in [9.17, 15) is 4.79 Å². The maximum absolute atomic E-state index is 12.7.